The minimum atomic E-state index is -0.497. The summed E-state index contributed by atoms with van der Waals surface area (Å²) in [5.74, 6) is 0.738. The van der Waals surface area contributed by atoms with Crippen molar-refractivity contribution in [3.05, 3.63) is 89.4 Å². The number of likely N-dealkylation sites (N-methyl/N-ethyl adjacent to an activating group) is 1. The van der Waals surface area contributed by atoms with Gasteiger partial charge in [-0.2, -0.15) is 0 Å². The summed E-state index contributed by atoms with van der Waals surface area (Å²) in [5, 5.41) is 2.98. The molecule has 1 aliphatic carbocycles. The molecule has 174 valence electrons. The molecule has 1 fully saturated rings. The maximum Gasteiger partial charge on any atom is 0.415 e. The molecule has 0 bridgehead atoms. The van der Waals surface area contributed by atoms with Crippen LogP contribution in [-0.2, 0) is 12.8 Å². The van der Waals surface area contributed by atoms with E-state index in [4.69, 9.17) is 9.15 Å². The second kappa shape index (κ2) is 10.2. The van der Waals surface area contributed by atoms with Crippen LogP contribution in [-0.4, -0.2) is 36.7 Å². The third-order valence-electron chi connectivity index (χ3n) is 6.66. The van der Waals surface area contributed by atoms with Gasteiger partial charge in [-0.25, -0.2) is 9.18 Å². The van der Waals surface area contributed by atoms with Gasteiger partial charge in [-0.1, -0.05) is 42.5 Å². The number of amides is 1. The molecule has 1 saturated carbocycles. The molecule has 0 spiro atoms. The van der Waals surface area contributed by atoms with Crippen molar-refractivity contribution in [2.75, 3.05) is 14.1 Å². The number of carbonyl (C=O) groups excluding carboxylic acids is 1. The zero-order valence-electron chi connectivity index (χ0n) is 19.2. The fourth-order valence-corrected chi connectivity index (χ4v) is 4.70. The average molecular weight is 451 g/mol. The quantitative estimate of drug-likeness (QED) is 0.510. The maximum atomic E-state index is 13.7. The van der Waals surface area contributed by atoms with E-state index in [1.807, 2.05) is 42.5 Å². The molecule has 1 heterocycles. The summed E-state index contributed by atoms with van der Waals surface area (Å²) in [6.45, 7) is 0. The smallest absolute Gasteiger partial charge is 0.415 e. The summed E-state index contributed by atoms with van der Waals surface area (Å²) in [6, 6.07) is 20.4. The van der Waals surface area contributed by atoms with Gasteiger partial charge >= 0.3 is 6.09 Å². The molecule has 0 unspecified atom stereocenters. The first kappa shape index (κ1) is 23.1. The van der Waals surface area contributed by atoms with Crippen molar-refractivity contribution < 1.29 is 18.3 Å². The molecule has 0 aliphatic heterocycles. The molecule has 0 radical (unpaired) electrons. The summed E-state index contributed by atoms with van der Waals surface area (Å²) >= 11 is 0. The van der Waals surface area contributed by atoms with Crippen molar-refractivity contribution in [2.45, 2.75) is 50.1 Å². The number of nitrogens with one attached hydrogen (secondary N) is 1. The van der Waals surface area contributed by atoms with Crippen LogP contribution in [0, 0.1) is 5.82 Å². The third-order valence-corrected chi connectivity index (χ3v) is 6.66. The predicted octanol–water partition coefficient (Wildman–Crippen LogP) is 5.58. The van der Waals surface area contributed by atoms with Gasteiger partial charge in [0.2, 0.25) is 0 Å². The fourth-order valence-electron chi connectivity index (χ4n) is 4.70. The highest BCUT2D eigenvalue weighted by Crippen LogP contribution is 2.35. The Morgan fingerprint density at radius 1 is 1.06 bits per heavy atom. The lowest BCUT2D eigenvalue weighted by atomic mass is 9.75. The molecule has 5 nitrogen and oxygen atoms in total. The molecule has 2 aromatic carbocycles. The lowest BCUT2D eigenvalue weighted by Crippen LogP contribution is -2.52. The van der Waals surface area contributed by atoms with E-state index in [9.17, 15) is 9.18 Å². The van der Waals surface area contributed by atoms with Crippen LogP contribution < -0.4 is 10.1 Å². The van der Waals surface area contributed by atoms with Gasteiger partial charge in [-0.15, -0.1) is 0 Å². The standard InChI is InChI=1S/C27H31FN2O3/c1-30(2)27(19-21-9-6-10-22(28)17-21)15-13-23(14-16-27)29-26(31)33-25-12-11-24(32-25)18-20-7-4-3-5-8-20/h3-12,17,23H,13-16,18-19H2,1-2H3,(H,29,31). The van der Waals surface area contributed by atoms with E-state index in [1.165, 1.54) is 6.07 Å². The molecule has 1 amide bonds. The van der Waals surface area contributed by atoms with Crippen molar-refractivity contribution in [1.29, 1.82) is 0 Å². The number of halogens is 1. The van der Waals surface area contributed by atoms with Crippen molar-refractivity contribution in [3.63, 3.8) is 0 Å². The Hall–Kier alpha value is -3.12. The van der Waals surface area contributed by atoms with Crippen LogP contribution in [0.25, 0.3) is 0 Å². The molecular weight excluding hydrogens is 419 g/mol. The lowest BCUT2D eigenvalue weighted by molar-refractivity contribution is 0.0862. The Balaban J connectivity index is 1.29. The van der Waals surface area contributed by atoms with Crippen LogP contribution in [0.15, 0.2) is 71.1 Å². The Labute approximate surface area is 194 Å². The highest BCUT2D eigenvalue weighted by molar-refractivity contribution is 5.70. The van der Waals surface area contributed by atoms with E-state index < -0.39 is 6.09 Å². The van der Waals surface area contributed by atoms with E-state index in [-0.39, 0.29) is 23.3 Å². The number of hydrogen-bond acceptors (Lipinski definition) is 4. The second-order valence-electron chi connectivity index (χ2n) is 9.12. The van der Waals surface area contributed by atoms with Crippen LogP contribution >= 0.6 is 0 Å². The van der Waals surface area contributed by atoms with Gasteiger partial charge in [0.1, 0.15) is 11.6 Å². The van der Waals surface area contributed by atoms with E-state index in [0.29, 0.717) is 6.42 Å². The molecule has 1 N–H and O–H groups in total. The highest BCUT2D eigenvalue weighted by Gasteiger charge is 2.38. The molecule has 0 atom stereocenters. The first-order chi connectivity index (χ1) is 15.9. The van der Waals surface area contributed by atoms with Crippen LogP contribution in [0.5, 0.6) is 5.95 Å². The van der Waals surface area contributed by atoms with E-state index in [1.54, 1.807) is 18.2 Å². The molecule has 1 aromatic heterocycles. The minimum Gasteiger partial charge on any atom is -0.430 e. The van der Waals surface area contributed by atoms with Crippen LogP contribution in [0.4, 0.5) is 9.18 Å². The monoisotopic (exact) mass is 450 g/mol. The molecule has 4 rings (SSSR count). The zero-order valence-corrected chi connectivity index (χ0v) is 19.2. The van der Waals surface area contributed by atoms with Crippen LogP contribution in [0.2, 0.25) is 0 Å². The Bertz CT molecular complexity index is 1060. The van der Waals surface area contributed by atoms with E-state index >= 15 is 0 Å². The topological polar surface area (TPSA) is 54.7 Å². The maximum absolute atomic E-state index is 13.7. The largest absolute Gasteiger partial charge is 0.430 e. The minimum absolute atomic E-state index is 0.0387. The number of benzene rings is 2. The number of furan rings is 1. The van der Waals surface area contributed by atoms with Gasteiger partial charge in [0, 0.05) is 24.1 Å². The van der Waals surface area contributed by atoms with Gasteiger partial charge < -0.3 is 19.4 Å². The number of ether oxygens (including phenoxy) is 1. The molecule has 1 aliphatic rings. The molecule has 3 aromatic rings. The predicted molar refractivity (Wildman–Crippen MR) is 126 cm³/mol. The number of carbonyl (C=O) groups is 1. The zero-order chi connectivity index (χ0) is 23.3. The van der Waals surface area contributed by atoms with Crippen molar-refractivity contribution in [3.8, 4) is 5.95 Å². The number of rotatable bonds is 7. The summed E-state index contributed by atoms with van der Waals surface area (Å²) in [5.41, 5.74) is 2.08. The lowest BCUT2D eigenvalue weighted by Gasteiger charge is -2.45. The number of hydrogen-bond donors (Lipinski definition) is 1. The molecular formula is C27H31FN2O3. The van der Waals surface area contributed by atoms with Gasteiger partial charge in [-0.3, -0.25) is 0 Å². The van der Waals surface area contributed by atoms with Crippen molar-refractivity contribution >= 4 is 6.09 Å². The number of nitrogens with zero attached hydrogens (tertiary/aromatic N) is 1. The summed E-state index contributed by atoms with van der Waals surface area (Å²) in [4.78, 5) is 14.7. The molecule has 0 saturated heterocycles. The second-order valence-corrected chi connectivity index (χ2v) is 9.12. The van der Waals surface area contributed by atoms with Crippen LogP contribution in [0.3, 0.4) is 0 Å². The summed E-state index contributed by atoms with van der Waals surface area (Å²) < 4.78 is 24.7. The van der Waals surface area contributed by atoms with Gasteiger partial charge in [0.05, 0.1) is 0 Å². The Morgan fingerprint density at radius 3 is 2.48 bits per heavy atom. The first-order valence-electron chi connectivity index (χ1n) is 11.4. The van der Waals surface area contributed by atoms with E-state index in [2.05, 4.69) is 24.3 Å². The SMILES string of the molecule is CN(C)C1(Cc2cccc(F)c2)CCC(NC(=O)Oc2ccc(Cc3ccccc3)o2)CC1. The van der Waals surface area contributed by atoms with Gasteiger partial charge in [0.15, 0.2) is 0 Å². The van der Waals surface area contributed by atoms with Crippen molar-refractivity contribution in [1.82, 2.24) is 10.2 Å². The van der Waals surface area contributed by atoms with Crippen molar-refractivity contribution in [2.24, 2.45) is 0 Å². The Kier molecular flexibility index (Phi) is 7.14. The van der Waals surface area contributed by atoms with Gasteiger partial charge in [0.25, 0.3) is 5.95 Å². The molecule has 6 heteroatoms. The van der Waals surface area contributed by atoms with E-state index in [0.717, 1.165) is 49.0 Å². The van der Waals surface area contributed by atoms with Crippen LogP contribution in [0.1, 0.15) is 42.6 Å². The fraction of sp³-hybridized carbons (Fsp3) is 0.370. The summed E-state index contributed by atoms with van der Waals surface area (Å²) in [7, 11) is 4.15. The summed E-state index contributed by atoms with van der Waals surface area (Å²) in [6.07, 6.45) is 4.41. The molecule has 33 heavy (non-hydrogen) atoms. The Morgan fingerprint density at radius 2 is 1.79 bits per heavy atom. The third kappa shape index (κ3) is 6.02. The average Bonchev–Trinajstić information content (AvgIpc) is 3.22. The normalized spacial score (nSPS) is 20.5. The van der Waals surface area contributed by atoms with Gasteiger partial charge in [-0.05, 0) is 75.5 Å². The first-order valence-corrected chi connectivity index (χ1v) is 11.4. The highest BCUT2D eigenvalue weighted by atomic mass is 19.1.